The maximum Gasteiger partial charge on any atom is 0.214 e. The van der Waals surface area contributed by atoms with E-state index in [1.807, 2.05) is 12.1 Å². The SMILES string of the molecule is CC1CC[NH+]([C@@H](c2ccc(O)cc2)c2nnnn2Cc2ccc(F)cc2)CC1. The van der Waals surface area contributed by atoms with Crippen LogP contribution in [0.5, 0.6) is 5.75 Å². The van der Waals surface area contributed by atoms with Crippen molar-refractivity contribution in [2.45, 2.75) is 32.4 Å². The van der Waals surface area contributed by atoms with Gasteiger partial charge in [0.05, 0.1) is 19.6 Å². The second-order valence-corrected chi connectivity index (χ2v) is 7.69. The van der Waals surface area contributed by atoms with Crippen LogP contribution in [0.1, 0.15) is 42.8 Å². The zero-order chi connectivity index (χ0) is 19.5. The third-order valence-electron chi connectivity index (χ3n) is 5.61. The number of quaternary nitrogens is 1. The number of hydrogen-bond acceptors (Lipinski definition) is 4. The molecule has 0 aliphatic carbocycles. The molecule has 0 amide bonds. The standard InChI is InChI=1S/C21H24FN5O/c1-15-10-12-26(13-11-15)20(17-4-8-19(28)9-5-17)21-23-24-25-27(21)14-16-2-6-18(22)7-3-16/h2-9,15,20,28H,10-14H2,1H3/p+1/t20-/m0/s1. The van der Waals surface area contributed by atoms with Crippen molar-refractivity contribution in [3.63, 3.8) is 0 Å². The molecule has 2 heterocycles. The number of nitrogens with zero attached hydrogens (tertiary/aromatic N) is 4. The number of phenols is 1. The zero-order valence-corrected chi connectivity index (χ0v) is 15.9. The Balaban J connectivity index is 1.67. The third kappa shape index (κ3) is 4.04. The number of tetrazole rings is 1. The highest BCUT2D eigenvalue weighted by molar-refractivity contribution is 5.30. The second-order valence-electron chi connectivity index (χ2n) is 7.69. The van der Waals surface area contributed by atoms with Crippen molar-refractivity contribution < 1.29 is 14.4 Å². The number of rotatable bonds is 5. The zero-order valence-electron chi connectivity index (χ0n) is 15.9. The lowest BCUT2D eigenvalue weighted by molar-refractivity contribution is -0.932. The summed E-state index contributed by atoms with van der Waals surface area (Å²) in [5.41, 5.74) is 2.03. The number of piperidine rings is 1. The fourth-order valence-electron chi connectivity index (χ4n) is 3.95. The van der Waals surface area contributed by atoms with Crippen LogP contribution in [0.15, 0.2) is 48.5 Å². The number of aromatic hydroxyl groups is 1. The van der Waals surface area contributed by atoms with Gasteiger partial charge in [-0.05, 0) is 71.1 Å². The van der Waals surface area contributed by atoms with Crippen molar-refractivity contribution in [3.05, 3.63) is 71.3 Å². The highest BCUT2D eigenvalue weighted by Crippen LogP contribution is 2.22. The molecule has 2 N–H and O–H groups in total. The molecule has 3 aromatic rings. The van der Waals surface area contributed by atoms with E-state index in [4.69, 9.17) is 0 Å². The van der Waals surface area contributed by atoms with Crippen LogP contribution in [0.25, 0.3) is 0 Å². The maximum atomic E-state index is 13.2. The molecule has 0 saturated carbocycles. The minimum absolute atomic E-state index is 0.0106. The summed E-state index contributed by atoms with van der Waals surface area (Å²) in [4.78, 5) is 1.43. The van der Waals surface area contributed by atoms with Crippen LogP contribution in [0.2, 0.25) is 0 Å². The van der Waals surface area contributed by atoms with Gasteiger partial charge in [0, 0.05) is 5.56 Å². The van der Waals surface area contributed by atoms with Crippen LogP contribution < -0.4 is 4.90 Å². The van der Waals surface area contributed by atoms with E-state index in [9.17, 15) is 9.50 Å². The number of phenolic OH excluding ortho intramolecular Hbond substituents is 1. The molecule has 2 aromatic carbocycles. The van der Waals surface area contributed by atoms with Gasteiger partial charge in [-0.15, -0.1) is 5.10 Å². The van der Waals surface area contributed by atoms with Crippen LogP contribution in [-0.4, -0.2) is 38.4 Å². The van der Waals surface area contributed by atoms with E-state index in [0.29, 0.717) is 6.54 Å². The van der Waals surface area contributed by atoms with Gasteiger partial charge in [-0.3, -0.25) is 0 Å². The quantitative estimate of drug-likeness (QED) is 0.708. The van der Waals surface area contributed by atoms with Crippen LogP contribution in [-0.2, 0) is 6.54 Å². The van der Waals surface area contributed by atoms with Gasteiger partial charge < -0.3 is 10.0 Å². The molecule has 1 aliphatic heterocycles. The summed E-state index contributed by atoms with van der Waals surface area (Å²) in [6.07, 6.45) is 2.34. The van der Waals surface area contributed by atoms with Crippen molar-refractivity contribution >= 4 is 0 Å². The van der Waals surface area contributed by atoms with Gasteiger partial charge in [0.1, 0.15) is 11.6 Å². The Kier molecular flexibility index (Phi) is 5.34. The molecule has 1 fully saturated rings. The minimum atomic E-state index is -0.255. The largest absolute Gasteiger partial charge is 0.508 e. The topological polar surface area (TPSA) is 68.3 Å². The van der Waals surface area contributed by atoms with Crippen LogP contribution in [0, 0.1) is 11.7 Å². The smallest absolute Gasteiger partial charge is 0.214 e. The molecule has 0 spiro atoms. The molecule has 146 valence electrons. The molecule has 6 nitrogen and oxygen atoms in total. The summed E-state index contributed by atoms with van der Waals surface area (Å²) in [5.74, 6) is 1.52. The average Bonchev–Trinajstić information content (AvgIpc) is 3.14. The molecular weight excluding hydrogens is 357 g/mol. The van der Waals surface area contributed by atoms with Gasteiger partial charge in [-0.25, -0.2) is 9.07 Å². The van der Waals surface area contributed by atoms with Gasteiger partial charge in [-0.1, -0.05) is 19.1 Å². The summed E-state index contributed by atoms with van der Waals surface area (Å²) < 4.78 is 15.0. The lowest BCUT2D eigenvalue weighted by atomic mass is 9.95. The van der Waals surface area contributed by atoms with Crippen LogP contribution in [0.3, 0.4) is 0 Å². The number of likely N-dealkylation sites (tertiary alicyclic amines) is 1. The molecule has 1 saturated heterocycles. The van der Waals surface area contributed by atoms with Crippen molar-refractivity contribution in [3.8, 4) is 5.75 Å². The fraction of sp³-hybridized carbons (Fsp3) is 0.381. The van der Waals surface area contributed by atoms with E-state index in [0.717, 1.165) is 36.0 Å². The Bertz CT molecular complexity index is 901. The Labute approximate surface area is 163 Å². The van der Waals surface area contributed by atoms with E-state index >= 15 is 0 Å². The Morgan fingerprint density at radius 2 is 1.79 bits per heavy atom. The van der Waals surface area contributed by atoms with Crippen molar-refractivity contribution in [2.24, 2.45) is 5.92 Å². The van der Waals surface area contributed by atoms with Gasteiger partial charge in [-0.2, -0.15) is 0 Å². The van der Waals surface area contributed by atoms with Gasteiger partial charge in [0.25, 0.3) is 0 Å². The molecule has 4 rings (SSSR count). The van der Waals surface area contributed by atoms with Crippen LogP contribution >= 0.6 is 0 Å². The van der Waals surface area contributed by atoms with E-state index in [2.05, 4.69) is 22.4 Å². The lowest BCUT2D eigenvalue weighted by Gasteiger charge is -2.33. The predicted molar refractivity (Wildman–Crippen MR) is 102 cm³/mol. The highest BCUT2D eigenvalue weighted by Gasteiger charge is 2.33. The molecule has 28 heavy (non-hydrogen) atoms. The molecule has 1 aromatic heterocycles. The Morgan fingerprint density at radius 1 is 1.11 bits per heavy atom. The number of halogens is 1. The predicted octanol–water partition coefficient (Wildman–Crippen LogP) is 1.97. The number of nitrogens with one attached hydrogen (secondary N) is 1. The molecule has 0 bridgehead atoms. The maximum absolute atomic E-state index is 13.2. The fourth-order valence-corrected chi connectivity index (χ4v) is 3.95. The molecule has 0 unspecified atom stereocenters. The minimum Gasteiger partial charge on any atom is -0.508 e. The first-order valence-corrected chi connectivity index (χ1v) is 9.74. The monoisotopic (exact) mass is 382 g/mol. The second kappa shape index (κ2) is 8.06. The first-order chi connectivity index (χ1) is 13.6. The van der Waals surface area contributed by atoms with E-state index < -0.39 is 0 Å². The highest BCUT2D eigenvalue weighted by atomic mass is 19.1. The Morgan fingerprint density at radius 3 is 2.46 bits per heavy atom. The summed E-state index contributed by atoms with van der Waals surface area (Å²) >= 11 is 0. The number of benzene rings is 2. The average molecular weight is 382 g/mol. The van der Waals surface area contributed by atoms with Crippen molar-refractivity contribution in [2.75, 3.05) is 13.1 Å². The molecular formula is C21H25FN5O+. The van der Waals surface area contributed by atoms with Gasteiger partial charge >= 0.3 is 0 Å². The van der Waals surface area contributed by atoms with Crippen molar-refractivity contribution in [1.82, 2.24) is 20.2 Å². The molecule has 1 aliphatic rings. The van der Waals surface area contributed by atoms with Gasteiger partial charge in [0.2, 0.25) is 5.82 Å². The van der Waals surface area contributed by atoms with Crippen LogP contribution in [0.4, 0.5) is 4.39 Å². The molecule has 0 radical (unpaired) electrons. The Hall–Kier alpha value is -2.80. The summed E-state index contributed by atoms with van der Waals surface area (Å²) in [7, 11) is 0. The number of aromatic nitrogens is 4. The normalized spacial score (nSPS) is 20.8. The molecule has 1 atom stereocenters. The first-order valence-electron chi connectivity index (χ1n) is 9.74. The number of hydrogen-bond donors (Lipinski definition) is 2. The van der Waals surface area contributed by atoms with Crippen molar-refractivity contribution in [1.29, 1.82) is 0 Å². The van der Waals surface area contributed by atoms with Gasteiger partial charge in [0.15, 0.2) is 6.04 Å². The first kappa shape index (κ1) is 18.6. The van der Waals surface area contributed by atoms with E-state index in [1.54, 1.807) is 28.9 Å². The third-order valence-corrected chi connectivity index (χ3v) is 5.61. The molecule has 7 heteroatoms. The summed E-state index contributed by atoms with van der Waals surface area (Å²) in [6, 6.07) is 13.7. The summed E-state index contributed by atoms with van der Waals surface area (Å²) in [5, 5.41) is 22.2. The summed E-state index contributed by atoms with van der Waals surface area (Å²) in [6.45, 7) is 4.89. The van der Waals surface area contributed by atoms with E-state index in [-0.39, 0.29) is 17.6 Å². The van der Waals surface area contributed by atoms with E-state index in [1.165, 1.54) is 29.9 Å². The lowest BCUT2D eigenvalue weighted by Crippen LogP contribution is -3.13.